The molecule has 1 unspecified atom stereocenters. The minimum absolute atomic E-state index is 0.0637. The van der Waals surface area contributed by atoms with E-state index in [0.717, 1.165) is 13.0 Å². The molecule has 0 bridgehead atoms. The highest BCUT2D eigenvalue weighted by molar-refractivity contribution is 5.97. The largest absolute Gasteiger partial charge is 0.490 e. The molecule has 1 amide bonds. The van der Waals surface area contributed by atoms with Crippen LogP contribution in [0.2, 0.25) is 0 Å². The first kappa shape index (κ1) is 13.9. The van der Waals surface area contributed by atoms with E-state index in [1.54, 1.807) is 0 Å². The standard InChI is InChI=1S/C11H13F3N2O3/c1-6-8(19-10(18)11(12,13)14)5-16(9(6)17)7-2-3-15-4-7/h7-8,15H,1-5H2/t7-,8?/m0/s1. The van der Waals surface area contributed by atoms with E-state index < -0.39 is 24.2 Å². The molecule has 8 heteroatoms. The number of carbonyl (C=O) groups excluding carboxylic acids is 2. The highest BCUT2D eigenvalue weighted by atomic mass is 19.4. The van der Waals surface area contributed by atoms with Gasteiger partial charge in [0.05, 0.1) is 12.1 Å². The summed E-state index contributed by atoms with van der Waals surface area (Å²) in [6.07, 6.45) is -5.56. The summed E-state index contributed by atoms with van der Waals surface area (Å²) in [5.41, 5.74) is -0.107. The van der Waals surface area contributed by atoms with Crippen molar-refractivity contribution in [3.8, 4) is 0 Å². The number of nitrogens with one attached hydrogen (secondary N) is 1. The molecule has 5 nitrogen and oxygen atoms in total. The van der Waals surface area contributed by atoms with Crippen LogP contribution >= 0.6 is 0 Å². The third-order valence-electron chi connectivity index (χ3n) is 3.24. The molecule has 1 N–H and O–H groups in total. The Bertz CT molecular complexity index is 416. The maximum absolute atomic E-state index is 12.1. The summed E-state index contributed by atoms with van der Waals surface area (Å²) in [6, 6.07) is -0.0844. The lowest BCUT2D eigenvalue weighted by atomic mass is 10.2. The molecule has 106 valence electrons. The van der Waals surface area contributed by atoms with E-state index in [1.165, 1.54) is 4.90 Å². The topological polar surface area (TPSA) is 58.6 Å². The van der Waals surface area contributed by atoms with Crippen molar-refractivity contribution in [2.45, 2.75) is 24.7 Å². The van der Waals surface area contributed by atoms with Crippen molar-refractivity contribution >= 4 is 11.9 Å². The second-order valence-electron chi connectivity index (χ2n) is 4.52. The number of carbonyl (C=O) groups is 2. The van der Waals surface area contributed by atoms with Crippen molar-refractivity contribution in [1.29, 1.82) is 0 Å². The normalized spacial score (nSPS) is 28.1. The third-order valence-corrected chi connectivity index (χ3v) is 3.24. The molecule has 0 radical (unpaired) electrons. The van der Waals surface area contributed by atoms with Crippen molar-refractivity contribution in [3.63, 3.8) is 0 Å². The minimum Gasteiger partial charge on any atom is -0.449 e. The number of ether oxygens (including phenoxy) is 1. The van der Waals surface area contributed by atoms with Gasteiger partial charge in [0.2, 0.25) is 0 Å². The Morgan fingerprint density at radius 1 is 1.47 bits per heavy atom. The fraction of sp³-hybridized carbons (Fsp3) is 0.636. The van der Waals surface area contributed by atoms with E-state index >= 15 is 0 Å². The first-order chi connectivity index (χ1) is 8.80. The quantitative estimate of drug-likeness (QED) is 0.580. The molecule has 2 saturated heterocycles. The van der Waals surface area contributed by atoms with Crippen molar-refractivity contribution < 1.29 is 27.5 Å². The molecule has 0 spiro atoms. The van der Waals surface area contributed by atoms with Crippen LogP contribution in [-0.4, -0.2) is 54.7 Å². The Labute approximate surface area is 107 Å². The lowest BCUT2D eigenvalue weighted by Gasteiger charge is -2.22. The lowest BCUT2D eigenvalue weighted by Crippen LogP contribution is -2.39. The molecule has 2 atom stereocenters. The van der Waals surface area contributed by atoms with Gasteiger partial charge in [0.15, 0.2) is 0 Å². The van der Waals surface area contributed by atoms with Crippen molar-refractivity contribution in [2.24, 2.45) is 0 Å². The summed E-state index contributed by atoms with van der Waals surface area (Å²) < 4.78 is 40.6. The number of nitrogens with zero attached hydrogens (tertiary/aromatic N) is 1. The molecule has 0 saturated carbocycles. The average molecular weight is 278 g/mol. The van der Waals surface area contributed by atoms with Crippen molar-refractivity contribution in [3.05, 3.63) is 12.2 Å². The summed E-state index contributed by atoms with van der Waals surface area (Å²) in [5.74, 6) is -2.74. The smallest absolute Gasteiger partial charge is 0.449 e. The van der Waals surface area contributed by atoms with Crippen molar-refractivity contribution in [2.75, 3.05) is 19.6 Å². The molecular formula is C11H13F3N2O3. The van der Waals surface area contributed by atoms with Crippen molar-refractivity contribution in [1.82, 2.24) is 10.2 Å². The Morgan fingerprint density at radius 2 is 2.16 bits per heavy atom. The monoisotopic (exact) mass is 278 g/mol. The van der Waals surface area contributed by atoms with Gasteiger partial charge in [-0.15, -0.1) is 0 Å². The second kappa shape index (κ2) is 4.84. The number of esters is 1. The van der Waals surface area contributed by atoms with E-state index in [0.29, 0.717) is 6.54 Å². The number of likely N-dealkylation sites (tertiary alicyclic amines) is 1. The number of amides is 1. The highest BCUT2D eigenvalue weighted by Gasteiger charge is 2.46. The highest BCUT2D eigenvalue weighted by Crippen LogP contribution is 2.26. The number of rotatable bonds is 2. The molecule has 0 aromatic heterocycles. The van der Waals surface area contributed by atoms with Gasteiger partial charge in [0.1, 0.15) is 6.10 Å². The Morgan fingerprint density at radius 3 is 2.68 bits per heavy atom. The first-order valence-electron chi connectivity index (χ1n) is 5.79. The fourth-order valence-electron chi connectivity index (χ4n) is 2.22. The summed E-state index contributed by atoms with van der Waals surface area (Å²) >= 11 is 0. The van der Waals surface area contributed by atoms with Gasteiger partial charge in [-0.05, 0) is 13.0 Å². The molecule has 19 heavy (non-hydrogen) atoms. The van der Waals surface area contributed by atoms with Gasteiger partial charge in [0.25, 0.3) is 5.91 Å². The van der Waals surface area contributed by atoms with Gasteiger partial charge in [0, 0.05) is 12.6 Å². The summed E-state index contributed by atoms with van der Waals surface area (Å²) in [5, 5.41) is 3.05. The number of halogens is 3. The van der Waals surface area contributed by atoms with Gasteiger partial charge in [-0.1, -0.05) is 6.58 Å². The van der Waals surface area contributed by atoms with E-state index in [4.69, 9.17) is 0 Å². The van der Waals surface area contributed by atoms with Crippen LogP contribution in [0.25, 0.3) is 0 Å². The predicted octanol–water partition coefficient (Wildman–Crippen LogP) is 0.221. The lowest BCUT2D eigenvalue weighted by molar-refractivity contribution is -0.202. The first-order valence-corrected chi connectivity index (χ1v) is 5.79. The van der Waals surface area contributed by atoms with Gasteiger partial charge >= 0.3 is 12.1 Å². The fourth-order valence-corrected chi connectivity index (χ4v) is 2.22. The van der Waals surface area contributed by atoms with Crippen LogP contribution in [0.15, 0.2) is 12.2 Å². The van der Waals surface area contributed by atoms with Gasteiger partial charge in [-0.2, -0.15) is 13.2 Å². The molecule has 0 aromatic carbocycles. The van der Waals surface area contributed by atoms with Crippen LogP contribution in [0.5, 0.6) is 0 Å². The molecule has 2 aliphatic rings. The van der Waals surface area contributed by atoms with Crippen LogP contribution < -0.4 is 5.32 Å². The third kappa shape index (κ3) is 2.73. The van der Waals surface area contributed by atoms with E-state index in [9.17, 15) is 22.8 Å². The molecule has 2 heterocycles. The molecular weight excluding hydrogens is 265 g/mol. The maximum Gasteiger partial charge on any atom is 0.490 e. The minimum atomic E-state index is -5.06. The summed E-state index contributed by atoms with van der Waals surface area (Å²) in [4.78, 5) is 24.0. The predicted molar refractivity (Wildman–Crippen MR) is 58.1 cm³/mol. The zero-order valence-corrected chi connectivity index (χ0v) is 10.00. The Balaban J connectivity index is 2.02. The average Bonchev–Trinajstić information content (AvgIpc) is 2.91. The van der Waals surface area contributed by atoms with Crippen LogP contribution in [0, 0.1) is 0 Å². The summed E-state index contributed by atoms with van der Waals surface area (Å²) in [6.45, 7) is 4.68. The van der Waals surface area contributed by atoms with Gasteiger partial charge < -0.3 is 15.0 Å². The maximum atomic E-state index is 12.1. The van der Waals surface area contributed by atoms with Crippen LogP contribution in [0.4, 0.5) is 13.2 Å². The number of alkyl halides is 3. The molecule has 2 rings (SSSR count). The van der Waals surface area contributed by atoms with E-state index in [2.05, 4.69) is 16.6 Å². The summed E-state index contributed by atoms with van der Waals surface area (Å²) in [7, 11) is 0. The Kier molecular flexibility index (Phi) is 3.53. The zero-order valence-electron chi connectivity index (χ0n) is 10.00. The second-order valence-corrected chi connectivity index (χ2v) is 4.52. The SMILES string of the molecule is C=C1C(=O)N([C@H]2CCNC2)CC1OC(=O)C(F)(F)F. The molecule has 2 aliphatic heterocycles. The molecule has 0 aliphatic carbocycles. The van der Waals surface area contributed by atoms with Gasteiger partial charge in [-0.25, -0.2) is 4.79 Å². The van der Waals surface area contributed by atoms with Crippen LogP contribution in [0.1, 0.15) is 6.42 Å². The van der Waals surface area contributed by atoms with E-state index in [1.807, 2.05) is 0 Å². The van der Waals surface area contributed by atoms with Crippen LogP contribution in [0.3, 0.4) is 0 Å². The Hall–Kier alpha value is -1.57. The zero-order chi connectivity index (χ0) is 14.2. The van der Waals surface area contributed by atoms with Gasteiger partial charge in [-0.3, -0.25) is 4.79 Å². The molecule has 0 aromatic rings. The van der Waals surface area contributed by atoms with E-state index in [-0.39, 0.29) is 18.2 Å². The number of hydrogen-bond donors (Lipinski definition) is 1. The number of hydrogen-bond acceptors (Lipinski definition) is 4. The molecule has 2 fully saturated rings. The van der Waals surface area contributed by atoms with Crippen LogP contribution in [-0.2, 0) is 14.3 Å².